The quantitative estimate of drug-likeness (QED) is 0.771. The molecule has 0 aliphatic rings. The minimum Gasteiger partial charge on any atom is -0.445 e. The Morgan fingerprint density at radius 1 is 1.26 bits per heavy atom. The van der Waals surface area contributed by atoms with Gasteiger partial charge in [0, 0.05) is 13.2 Å². The van der Waals surface area contributed by atoms with E-state index in [0.717, 1.165) is 5.56 Å². The highest BCUT2D eigenvalue weighted by Crippen LogP contribution is 2.08. The first-order chi connectivity index (χ1) is 11.1. The van der Waals surface area contributed by atoms with Crippen molar-refractivity contribution < 1.29 is 9.53 Å². The van der Waals surface area contributed by atoms with Gasteiger partial charge in [-0.15, -0.1) is 0 Å². The number of pyridine rings is 1. The molecule has 7 nitrogen and oxygen atoms in total. The van der Waals surface area contributed by atoms with Crippen molar-refractivity contribution in [2.24, 2.45) is 0 Å². The highest BCUT2D eigenvalue weighted by molar-refractivity contribution is 5.73. The van der Waals surface area contributed by atoms with Gasteiger partial charge in [-0.3, -0.25) is 4.79 Å². The maximum absolute atomic E-state index is 12.0. The van der Waals surface area contributed by atoms with E-state index in [1.807, 2.05) is 30.3 Å². The van der Waals surface area contributed by atoms with E-state index in [1.54, 1.807) is 13.1 Å². The molecule has 0 aliphatic heterocycles. The van der Waals surface area contributed by atoms with Crippen molar-refractivity contribution in [2.45, 2.75) is 13.2 Å². The Hall–Kier alpha value is -3.09. The van der Waals surface area contributed by atoms with E-state index in [2.05, 4.69) is 15.0 Å². The van der Waals surface area contributed by atoms with Crippen molar-refractivity contribution >= 4 is 17.1 Å². The van der Waals surface area contributed by atoms with Gasteiger partial charge in [0.1, 0.15) is 17.9 Å². The standard InChI is InChI=1S/C16H16N4O3/c1-20(16(22)23-10-11-5-3-2-4-6-11)9-13-18-12-7-8-17-15(21)14(12)19-13/h2-8H,9-10H2,1H3,(H,17,21)(H,18,19). The summed E-state index contributed by atoms with van der Waals surface area (Å²) in [6, 6.07) is 11.2. The van der Waals surface area contributed by atoms with Crippen molar-refractivity contribution in [3.05, 3.63) is 64.3 Å². The number of ether oxygens (including phenoxy) is 1. The van der Waals surface area contributed by atoms with Crippen molar-refractivity contribution in [3.63, 3.8) is 0 Å². The summed E-state index contributed by atoms with van der Waals surface area (Å²) in [7, 11) is 1.62. The number of hydrogen-bond acceptors (Lipinski definition) is 4. The second-order valence-electron chi connectivity index (χ2n) is 5.15. The summed E-state index contributed by atoms with van der Waals surface area (Å²) in [5.74, 6) is 0.524. The number of nitrogens with one attached hydrogen (secondary N) is 2. The molecule has 0 radical (unpaired) electrons. The van der Waals surface area contributed by atoms with E-state index in [4.69, 9.17) is 4.74 Å². The van der Waals surface area contributed by atoms with E-state index < -0.39 is 6.09 Å². The van der Waals surface area contributed by atoms with Crippen LogP contribution in [0.25, 0.3) is 11.0 Å². The Labute approximate surface area is 131 Å². The van der Waals surface area contributed by atoms with Crippen LogP contribution in [0.3, 0.4) is 0 Å². The monoisotopic (exact) mass is 312 g/mol. The lowest BCUT2D eigenvalue weighted by Gasteiger charge is -2.15. The van der Waals surface area contributed by atoms with Crippen LogP contribution in [-0.4, -0.2) is 33.0 Å². The Morgan fingerprint density at radius 2 is 2.04 bits per heavy atom. The molecule has 7 heteroatoms. The first-order valence-electron chi connectivity index (χ1n) is 7.11. The van der Waals surface area contributed by atoms with Crippen LogP contribution >= 0.6 is 0 Å². The number of carbonyl (C=O) groups excluding carboxylic acids is 1. The van der Waals surface area contributed by atoms with E-state index >= 15 is 0 Å². The number of carbonyl (C=O) groups is 1. The van der Waals surface area contributed by atoms with Crippen LogP contribution in [0.5, 0.6) is 0 Å². The number of imidazole rings is 1. The molecule has 0 spiro atoms. The summed E-state index contributed by atoms with van der Waals surface area (Å²) >= 11 is 0. The number of benzene rings is 1. The molecule has 0 unspecified atom stereocenters. The van der Waals surface area contributed by atoms with E-state index in [-0.39, 0.29) is 18.7 Å². The van der Waals surface area contributed by atoms with E-state index in [0.29, 0.717) is 16.9 Å². The first-order valence-corrected chi connectivity index (χ1v) is 7.11. The van der Waals surface area contributed by atoms with Crippen LogP contribution in [0.4, 0.5) is 4.79 Å². The fourth-order valence-electron chi connectivity index (χ4n) is 2.19. The summed E-state index contributed by atoms with van der Waals surface area (Å²) in [6.07, 6.45) is 1.08. The predicted molar refractivity (Wildman–Crippen MR) is 84.8 cm³/mol. The molecule has 3 aromatic rings. The molecular weight excluding hydrogens is 296 g/mol. The van der Waals surface area contributed by atoms with Gasteiger partial charge in [0.15, 0.2) is 0 Å². The highest BCUT2D eigenvalue weighted by atomic mass is 16.6. The smallest absolute Gasteiger partial charge is 0.410 e. The topological polar surface area (TPSA) is 91.1 Å². The van der Waals surface area contributed by atoms with Gasteiger partial charge in [-0.2, -0.15) is 0 Å². The second kappa shape index (κ2) is 6.35. The molecular formula is C16H16N4O3. The molecule has 1 amide bonds. The van der Waals surface area contributed by atoms with Gasteiger partial charge in [0.2, 0.25) is 0 Å². The normalized spacial score (nSPS) is 10.7. The first kappa shape index (κ1) is 14.8. The number of hydrogen-bond donors (Lipinski definition) is 2. The molecule has 0 bridgehead atoms. The molecule has 0 aliphatic carbocycles. The summed E-state index contributed by atoms with van der Waals surface area (Å²) in [6.45, 7) is 0.436. The lowest BCUT2D eigenvalue weighted by Crippen LogP contribution is -2.27. The number of aromatic nitrogens is 3. The number of nitrogens with zero attached hydrogens (tertiary/aromatic N) is 2. The van der Waals surface area contributed by atoms with E-state index in [9.17, 15) is 9.59 Å². The number of rotatable bonds is 4. The van der Waals surface area contributed by atoms with Gasteiger partial charge in [-0.25, -0.2) is 9.78 Å². The third-order valence-electron chi connectivity index (χ3n) is 3.37. The van der Waals surface area contributed by atoms with Crippen molar-refractivity contribution in [1.29, 1.82) is 0 Å². The Kier molecular flexibility index (Phi) is 4.09. The van der Waals surface area contributed by atoms with Crippen molar-refractivity contribution in [3.8, 4) is 0 Å². The lowest BCUT2D eigenvalue weighted by atomic mass is 10.2. The largest absolute Gasteiger partial charge is 0.445 e. The number of fused-ring (bicyclic) bond motifs is 1. The van der Waals surface area contributed by atoms with Gasteiger partial charge >= 0.3 is 6.09 Å². The van der Waals surface area contributed by atoms with Gasteiger partial charge in [-0.1, -0.05) is 30.3 Å². The Morgan fingerprint density at radius 3 is 2.78 bits per heavy atom. The Balaban J connectivity index is 1.63. The van der Waals surface area contributed by atoms with Gasteiger partial charge < -0.3 is 19.6 Å². The average Bonchev–Trinajstić information content (AvgIpc) is 2.97. The number of amides is 1. The SMILES string of the molecule is CN(Cc1nc2cc[nH]c(=O)c2[nH]1)C(=O)OCc1ccccc1. The predicted octanol–water partition coefficient (Wildman–Crippen LogP) is 2.02. The Bertz CT molecular complexity index is 870. The number of H-pyrrole nitrogens is 2. The van der Waals surface area contributed by atoms with E-state index in [1.165, 1.54) is 11.1 Å². The summed E-state index contributed by atoms with van der Waals surface area (Å²) in [5, 5.41) is 0. The van der Waals surface area contributed by atoms with Crippen molar-refractivity contribution in [2.75, 3.05) is 7.05 Å². The van der Waals surface area contributed by atoms with Crippen LogP contribution in [-0.2, 0) is 17.9 Å². The molecule has 0 atom stereocenters. The summed E-state index contributed by atoms with van der Waals surface area (Å²) in [5.41, 5.74) is 1.64. The fraction of sp³-hybridized carbons (Fsp3) is 0.188. The van der Waals surface area contributed by atoms with Crippen LogP contribution in [0.1, 0.15) is 11.4 Å². The zero-order valence-corrected chi connectivity index (χ0v) is 12.6. The van der Waals surface area contributed by atoms with Gasteiger partial charge in [-0.05, 0) is 11.6 Å². The lowest BCUT2D eigenvalue weighted by molar-refractivity contribution is 0.102. The molecule has 118 valence electrons. The van der Waals surface area contributed by atoms with Crippen LogP contribution in [0.2, 0.25) is 0 Å². The van der Waals surface area contributed by atoms with Crippen LogP contribution < -0.4 is 5.56 Å². The third kappa shape index (κ3) is 3.39. The maximum Gasteiger partial charge on any atom is 0.410 e. The van der Waals surface area contributed by atoms with Crippen molar-refractivity contribution in [1.82, 2.24) is 19.9 Å². The fourth-order valence-corrected chi connectivity index (χ4v) is 2.19. The molecule has 23 heavy (non-hydrogen) atoms. The molecule has 0 fully saturated rings. The zero-order chi connectivity index (χ0) is 16.2. The molecule has 2 heterocycles. The molecule has 1 aromatic carbocycles. The average molecular weight is 312 g/mol. The zero-order valence-electron chi connectivity index (χ0n) is 12.6. The molecule has 0 saturated heterocycles. The molecule has 0 saturated carbocycles. The summed E-state index contributed by atoms with van der Waals surface area (Å²) in [4.78, 5) is 34.8. The van der Waals surface area contributed by atoms with Gasteiger partial charge in [0.05, 0.1) is 12.1 Å². The van der Waals surface area contributed by atoms with Crippen LogP contribution in [0.15, 0.2) is 47.4 Å². The third-order valence-corrected chi connectivity index (χ3v) is 3.37. The van der Waals surface area contributed by atoms with Gasteiger partial charge in [0.25, 0.3) is 5.56 Å². The summed E-state index contributed by atoms with van der Waals surface area (Å²) < 4.78 is 5.24. The molecule has 2 N–H and O–H groups in total. The minimum atomic E-state index is -0.455. The second-order valence-corrected chi connectivity index (χ2v) is 5.15. The molecule has 3 rings (SSSR count). The van der Waals surface area contributed by atoms with Crippen LogP contribution in [0, 0.1) is 0 Å². The number of aromatic amines is 2. The maximum atomic E-state index is 12.0. The minimum absolute atomic E-state index is 0.212. The highest BCUT2D eigenvalue weighted by Gasteiger charge is 2.14. The molecule has 2 aromatic heterocycles.